The number of aromatic nitrogens is 1. The SMILES string of the molecule is O=C(NCc1ccccn1)c1ccc(C(=O)NC2CCS(=O)(=O)C2)cc1. The Hall–Kier alpha value is -2.74. The summed E-state index contributed by atoms with van der Waals surface area (Å²) in [5, 5.41) is 5.48. The Kier molecular flexibility index (Phi) is 5.32. The van der Waals surface area contributed by atoms with Crippen molar-refractivity contribution in [1.82, 2.24) is 15.6 Å². The zero-order chi connectivity index (χ0) is 18.6. The van der Waals surface area contributed by atoms with E-state index in [2.05, 4.69) is 15.6 Å². The molecule has 1 unspecified atom stereocenters. The highest BCUT2D eigenvalue weighted by Crippen LogP contribution is 2.12. The lowest BCUT2D eigenvalue weighted by atomic mass is 10.1. The predicted octanol–water partition coefficient (Wildman–Crippen LogP) is 0.928. The third-order valence-electron chi connectivity index (χ3n) is 4.13. The van der Waals surface area contributed by atoms with E-state index in [9.17, 15) is 18.0 Å². The number of amides is 2. The minimum absolute atomic E-state index is 0.0211. The molecule has 0 spiro atoms. The maximum atomic E-state index is 12.2. The van der Waals surface area contributed by atoms with Crippen molar-refractivity contribution in [3.63, 3.8) is 0 Å². The zero-order valence-corrected chi connectivity index (χ0v) is 14.8. The summed E-state index contributed by atoms with van der Waals surface area (Å²) in [5.74, 6) is -0.517. The molecule has 1 aliphatic heterocycles. The molecule has 136 valence electrons. The Morgan fingerprint density at radius 2 is 1.73 bits per heavy atom. The maximum Gasteiger partial charge on any atom is 0.251 e. The molecular weight excluding hydrogens is 354 g/mol. The van der Waals surface area contributed by atoms with Gasteiger partial charge in [-0.15, -0.1) is 0 Å². The van der Waals surface area contributed by atoms with Gasteiger partial charge in [0.25, 0.3) is 11.8 Å². The summed E-state index contributed by atoms with van der Waals surface area (Å²) >= 11 is 0. The molecule has 2 N–H and O–H groups in total. The first-order valence-corrected chi connectivity index (χ1v) is 10.0. The molecule has 1 aliphatic rings. The number of hydrogen-bond donors (Lipinski definition) is 2. The minimum Gasteiger partial charge on any atom is -0.348 e. The molecule has 1 saturated heterocycles. The van der Waals surface area contributed by atoms with Crippen molar-refractivity contribution in [3.05, 3.63) is 65.5 Å². The fourth-order valence-electron chi connectivity index (χ4n) is 2.73. The van der Waals surface area contributed by atoms with Gasteiger partial charge in [-0.1, -0.05) is 6.07 Å². The van der Waals surface area contributed by atoms with Gasteiger partial charge in [-0.3, -0.25) is 14.6 Å². The number of hydrogen-bond acceptors (Lipinski definition) is 5. The van der Waals surface area contributed by atoms with E-state index >= 15 is 0 Å². The Morgan fingerprint density at radius 1 is 1.04 bits per heavy atom. The summed E-state index contributed by atoms with van der Waals surface area (Å²) in [6.45, 7) is 0.318. The second-order valence-electron chi connectivity index (χ2n) is 6.15. The molecule has 0 bridgehead atoms. The van der Waals surface area contributed by atoms with Crippen LogP contribution in [0.1, 0.15) is 32.8 Å². The molecule has 1 fully saturated rings. The Labute approximate surface area is 151 Å². The molecular formula is C18H19N3O4S. The second-order valence-corrected chi connectivity index (χ2v) is 8.38. The predicted molar refractivity (Wildman–Crippen MR) is 96.4 cm³/mol. The first kappa shape index (κ1) is 18.1. The number of carbonyl (C=O) groups is 2. The van der Waals surface area contributed by atoms with Gasteiger partial charge in [0.1, 0.15) is 0 Å². The van der Waals surface area contributed by atoms with Crippen molar-refractivity contribution >= 4 is 21.7 Å². The summed E-state index contributed by atoms with van der Waals surface area (Å²) in [6, 6.07) is 11.3. The van der Waals surface area contributed by atoms with E-state index in [1.54, 1.807) is 36.5 Å². The van der Waals surface area contributed by atoms with Crippen LogP contribution in [-0.2, 0) is 16.4 Å². The summed E-state index contributed by atoms with van der Waals surface area (Å²) in [4.78, 5) is 28.5. The topological polar surface area (TPSA) is 105 Å². The van der Waals surface area contributed by atoms with Gasteiger partial charge in [0, 0.05) is 23.4 Å². The van der Waals surface area contributed by atoms with E-state index in [0.717, 1.165) is 5.69 Å². The van der Waals surface area contributed by atoms with E-state index in [-0.39, 0.29) is 29.4 Å². The third kappa shape index (κ3) is 4.66. The van der Waals surface area contributed by atoms with Gasteiger partial charge >= 0.3 is 0 Å². The van der Waals surface area contributed by atoms with Gasteiger partial charge in [-0.25, -0.2) is 8.42 Å². The maximum absolute atomic E-state index is 12.2. The Bertz CT molecular complexity index is 896. The van der Waals surface area contributed by atoms with Crippen LogP contribution in [0.2, 0.25) is 0 Å². The standard InChI is InChI=1S/C18H19N3O4S/c22-17(20-11-15-3-1-2-9-19-15)13-4-6-14(7-5-13)18(23)21-16-8-10-26(24,25)12-16/h1-7,9,16H,8,10-12H2,(H,20,22)(H,21,23). The van der Waals surface area contributed by atoms with Crippen LogP contribution in [0.5, 0.6) is 0 Å². The number of nitrogens with zero attached hydrogens (tertiary/aromatic N) is 1. The lowest BCUT2D eigenvalue weighted by Crippen LogP contribution is -2.35. The number of benzene rings is 1. The Morgan fingerprint density at radius 3 is 2.31 bits per heavy atom. The van der Waals surface area contributed by atoms with Gasteiger partial charge in [0.15, 0.2) is 9.84 Å². The summed E-state index contributed by atoms with van der Waals surface area (Å²) < 4.78 is 22.9. The van der Waals surface area contributed by atoms with Gasteiger partial charge in [0.2, 0.25) is 0 Å². The molecule has 3 rings (SSSR count). The highest BCUT2D eigenvalue weighted by molar-refractivity contribution is 7.91. The molecule has 0 aliphatic carbocycles. The van der Waals surface area contributed by atoms with Crippen molar-refractivity contribution < 1.29 is 18.0 Å². The zero-order valence-electron chi connectivity index (χ0n) is 14.0. The third-order valence-corrected chi connectivity index (χ3v) is 5.90. The smallest absolute Gasteiger partial charge is 0.251 e. The van der Waals surface area contributed by atoms with E-state index in [1.165, 1.54) is 0 Å². The second kappa shape index (κ2) is 7.65. The molecule has 1 aromatic carbocycles. The molecule has 8 heteroatoms. The van der Waals surface area contributed by atoms with Crippen LogP contribution in [0.3, 0.4) is 0 Å². The van der Waals surface area contributed by atoms with Gasteiger partial charge in [0.05, 0.1) is 23.7 Å². The van der Waals surface area contributed by atoms with Crippen molar-refractivity contribution in [2.75, 3.05) is 11.5 Å². The molecule has 2 heterocycles. The van der Waals surface area contributed by atoms with Gasteiger partial charge in [-0.2, -0.15) is 0 Å². The van der Waals surface area contributed by atoms with Crippen LogP contribution < -0.4 is 10.6 Å². The van der Waals surface area contributed by atoms with Gasteiger partial charge in [-0.05, 0) is 42.8 Å². The fraction of sp³-hybridized carbons (Fsp3) is 0.278. The molecule has 0 saturated carbocycles. The average molecular weight is 373 g/mol. The van der Waals surface area contributed by atoms with Crippen molar-refractivity contribution in [3.8, 4) is 0 Å². The molecule has 26 heavy (non-hydrogen) atoms. The molecule has 1 aromatic heterocycles. The van der Waals surface area contributed by atoms with Crippen LogP contribution in [0.25, 0.3) is 0 Å². The van der Waals surface area contributed by atoms with Crippen molar-refractivity contribution in [2.24, 2.45) is 0 Å². The van der Waals surface area contributed by atoms with Crippen molar-refractivity contribution in [1.29, 1.82) is 0 Å². The first-order valence-electron chi connectivity index (χ1n) is 8.22. The highest BCUT2D eigenvalue weighted by Gasteiger charge is 2.29. The monoisotopic (exact) mass is 373 g/mol. The summed E-state index contributed by atoms with van der Waals surface area (Å²) in [5.41, 5.74) is 1.57. The number of pyridine rings is 1. The molecule has 1 atom stereocenters. The first-order chi connectivity index (χ1) is 12.4. The summed E-state index contributed by atoms with van der Waals surface area (Å²) in [6.07, 6.45) is 2.09. The van der Waals surface area contributed by atoms with E-state index in [0.29, 0.717) is 24.1 Å². The normalized spacial score (nSPS) is 18.2. The molecule has 7 nitrogen and oxygen atoms in total. The highest BCUT2D eigenvalue weighted by atomic mass is 32.2. The molecule has 2 aromatic rings. The van der Waals surface area contributed by atoms with E-state index in [1.807, 2.05) is 12.1 Å². The number of carbonyl (C=O) groups excluding carboxylic acids is 2. The van der Waals surface area contributed by atoms with Crippen LogP contribution in [0.4, 0.5) is 0 Å². The lowest BCUT2D eigenvalue weighted by molar-refractivity contribution is 0.0933. The number of sulfone groups is 1. The van der Waals surface area contributed by atoms with Crippen LogP contribution in [0, 0.1) is 0 Å². The van der Waals surface area contributed by atoms with E-state index < -0.39 is 9.84 Å². The quantitative estimate of drug-likeness (QED) is 0.811. The fourth-order valence-corrected chi connectivity index (χ4v) is 4.40. The van der Waals surface area contributed by atoms with E-state index in [4.69, 9.17) is 0 Å². The van der Waals surface area contributed by atoms with Crippen LogP contribution in [0.15, 0.2) is 48.7 Å². The average Bonchev–Trinajstić information content (AvgIpc) is 2.99. The lowest BCUT2D eigenvalue weighted by Gasteiger charge is -2.11. The molecule has 0 radical (unpaired) electrons. The number of nitrogens with one attached hydrogen (secondary N) is 2. The number of rotatable bonds is 5. The van der Waals surface area contributed by atoms with Gasteiger partial charge < -0.3 is 10.6 Å². The van der Waals surface area contributed by atoms with Crippen LogP contribution in [-0.4, -0.2) is 42.8 Å². The van der Waals surface area contributed by atoms with Crippen molar-refractivity contribution in [2.45, 2.75) is 19.0 Å². The largest absolute Gasteiger partial charge is 0.348 e. The Balaban J connectivity index is 1.55. The summed E-state index contributed by atoms with van der Waals surface area (Å²) in [7, 11) is -3.04. The van der Waals surface area contributed by atoms with Crippen LogP contribution >= 0.6 is 0 Å². The molecule has 2 amide bonds. The minimum atomic E-state index is -3.04.